The van der Waals surface area contributed by atoms with Crippen molar-refractivity contribution >= 4 is 46.3 Å². The predicted octanol–water partition coefficient (Wildman–Crippen LogP) is 4.52. The van der Waals surface area contributed by atoms with E-state index in [4.69, 9.17) is 4.74 Å². The first-order valence-electron chi connectivity index (χ1n) is 12.5. The minimum atomic E-state index is -1.08. The lowest BCUT2D eigenvalue weighted by molar-refractivity contribution is -0.127. The van der Waals surface area contributed by atoms with Gasteiger partial charge in [0.2, 0.25) is 17.7 Å². The van der Waals surface area contributed by atoms with Crippen molar-refractivity contribution in [3.63, 3.8) is 0 Å². The summed E-state index contributed by atoms with van der Waals surface area (Å²) in [6, 6.07) is 15.9. The summed E-state index contributed by atoms with van der Waals surface area (Å²) < 4.78 is 5.39. The molecule has 4 amide bonds. The van der Waals surface area contributed by atoms with Crippen LogP contribution in [0.1, 0.15) is 55.4 Å². The minimum Gasteiger partial charge on any atom is -0.497 e. The molecule has 39 heavy (non-hydrogen) atoms. The summed E-state index contributed by atoms with van der Waals surface area (Å²) >= 11 is 1.27. The number of hydrogen-bond donors (Lipinski definition) is 3. The van der Waals surface area contributed by atoms with Gasteiger partial charge in [0.15, 0.2) is 0 Å². The average Bonchev–Trinajstić information content (AvgIpc) is 3.45. The molecule has 0 radical (unpaired) electrons. The molecule has 3 aromatic rings. The summed E-state index contributed by atoms with van der Waals surface area (Å²) in [5, 5.41) is 10.2. The van der Waals surface area contributed by atoms with E-state index in [2.05, 4.69) is 16.0 Å². The molecular formula is C29H34N4O5S. The van der Waals surface area contributed by atoms with Gasteiger partial charge in [0.25, 0.3) is 5.91 Å². The van der Waals surface area contributed by atoms with E-state index >= 15 is 0 Å². The third-order valence-corrected chi connectivity index (χ3v) is 7.01. The fourth-order valence-corrected chi connectivity index (χ4v) is 4.44. The zero-order valence-electron chi connectivity index (χ0n) is 22.7. The number of hydrogen-bond acceptors (Lipinski definition) is 6. The molecule has 1 heterocycles. The summed E-state index contributed by atoms with van der Waals surface area (Å²) in [5.41, 5.74) is 0.949. The smallest absolute Gasteiger partial charge is 0.261 e. The summed E-state index contributed by atoms with van der Waals surface area (Å²) in [6.07, 6.45) is 0.666. The van der Waals surface area contributed by atoms with Crippen molar-refractivity contribution in [2.24, 2.45) is 0 Å². The SMILES string of the molecule is CCC(C)(C)NC(=O)C(c1cccc(OC)c1)N(C(=O)CNC(=O)c1cccs1)c1ccc(NC(C)=O)cc1. The molecule has 9 nitrogen and oxygen atoms in total. The van der Waals surface area contributed by atoms with Gasteiger partial charge in [-0.3, -0.25) is 24.1 Å². The number of nitrogens with zero attached hydrogens (tertiary/aromatic N) is 1. The highest BCUT2D eigenvalue weighted by Gasteiger charge is 2.35. The van der Waals surface area contributed by atoms with Gasteiger partial charge in [-0.15, -0.1) is 11.3 Å². The van der Waals surface area contributed by atoms with Crippen LogP contribution < -0.4 is 25.6 Å². The largest absolute Gasteiger partial charge is 0.497 e. The third-order valence-electron chi connectivity index (χ3n) is 6.14. The Labute approximate surface area is 232 Å². The van der Waals surface area contributed by atoms with Crippen LogP contribution in [0.5, 0.6) is 5.75 Å². The topological polar surface area (TPSA) is 117 Å². The lowest BCUT2D eigenvalue weighted by Gasteiger charge is -2.35. The van der Waals surface area contributed by atoms with Crippen molar-refractivity contribution in [1.82, 2.24) is 10.6 Å². The van der Waals surface area contributed by atoms with Crippen LogP contribution in [0, 0.1) is 0 Å². The first-order valence-corrected chi connectivity index (χ1v) is 13.4. The van der Waals surface area contributed by atoms with Gasteiger partial charge in [0.1, 0.15) is 11.8 Å². The van der Waals surface area contributed by atoms with Gasteiger partial charge in [-0.2, -0.15) is 0 Å². The van der Waals surface area contributed by atoms with Crippen molar-refractivity contribution in [2.45, 2.75) is 45.7 Å². The molecule has 0 aliphatic rings. The van der Waals surface area contributed by atoms with Gasteiger partial charge >= 0.3 is 0 Å². The standard InChI is InChI=1S/C29H34N4O5S/c1-6-29(3,4)32-28(37)26(20-9-7-10-23(17-20)38-5)33(22-14-12-21(13-15-22)31-19(2)34)25(35)18-30-27(36)24-11-8-16-39-24/h7-17,26H,6,18H2,1-5H3,(H,30,36)(H,31,34)(H,32,37). The van der Waals surface area contributed by atoms with E-state index in [1.165, 1.54) is 30.3 Å². The molecule has 1 aromatic heterocycles. The number of amides is 4. The third kappa shape index (κ3) is 7.90. The van der Waals surface area contributed by atoms with Crippen molar-refractivity contribution in [2.75, 3.05) is 23.9 Å². The van der Waals surface area contributed by atoms with Crippen LogP contribution in [0.25, 0.3) is 0 Å². The van der Waals surface area contributed by atoms with Gasteiger partial charge in [0.05, 0.1) is 18.5 Å². The van der Waals surface area contributed by atoms with E-state index in [1.54, 1.807) is 66.0 Å². The van der Waals surface area contributed by atoms with Crippen LogP contribution in [0.2, 0.25) is 0 Å². The van der Waals surface area contributed by atoms with Gasteiger partial charge < -0.3 is 20.7 Å². The first kappa shape index (κ1) is 29.4. The number of rotatable bonds is 11. The van der Waals surface area contributed by atoms with Gasteiger partial charge in [0, 0.05) is 23.8 Å². The zero-order valence-corrected chi connectivity index (χ0v) is 23.6. The fraction of sp³-hybridized carbons (Fsp3) is 0.310. The van der Waals surface area contributed by atoms with Crippen LogP contribution in [-0.2, 0) is 14.4 Å². The molecule has 3 rings (SSSR count). The zero-order chi connectivity index (χ0) is 28.6. The Hall–Kier alpha value is -4.18. The highest BCUT2D eigenvalue weighted by molar-refractivity contribution is 7.12. The quantitative estimate of drug-likeness (QED) is 0.325. The molecule has 1 atom stereocenters. The second kappa shape index (κ2) is 13.1. The molecule has 0 spiro atoms. The Bertz CT molecular complexity index is 1310. The Morgan fingerprint density at radius 3 is 2.33 bits per heavy atom. The molecule has 0 saturated heterocycles. The monoisotopic (exact) mass is 550 g/mol. The maximum absolute atomic E-state index is 13.9. The lowest BCUT2D eigenvalue weighted by Crippen LogP contribution is -2.52. The van der Waals surface area contributed by atoms with Crippen LogP contribution in [0.3, 0.4) is 0 Å². The van der Waals surface area contributed by atoms with Crippen molar-refractivity contribution < 1.29 is 23.9 Å². The number of anilines is 2. The Kier molecular flexibility index (Phi) is 9.84. The van der Waals surface area contributed by atoms with E-state index < -0.39 is 17.5 Å². The van der Waals surface area contributed by atoms with Gasteiger partial charge in [-0.25, -0.2) is 0 Å². The number of ether oxygens (including phenoxy) is 1. The summed E-state index contributed by atoms with van der Waals surface area (Å²) in [4.78, 5) is 53.6. The number of carbonyl (C=O) groups is 4. The molecule has 206 valence electrons. The van der Waals surface area contributed by atoms with Crippen molar-refractivity contribution in [3.8, 4) is 5.75 Å². The van der Waals surface area contributed by atoms with Crippen LogP contribution in [0.15, 0.2) is 66.0 Å². The van der Waals surface area contributed by atoms with Crippen molar-refractivity contribution in [3.05, 3.63) is 76.5 Å². The number of methoxy groups -OCH3 is 1. The number of benzene rings is 2. The number of carbonyl (C=O) groups excluding carboxylic acids is 4. The van der Waals surface area contributed by atoms with E-state index in [-0.39, 0.29) is 24.3 Å². The van der Waals surface area contributed by atoms with E-state index in [0.29, 0.717) is 34.0 Å². The second-order valence-corrected chi connectivity index (χ2v) is 10.5. The molecule has 2 aromatic carbocycles. The Morgan fingerprint density at radius 2 is 1.74 bits per heavy atom. The maximum Gasteiger partial charge on any atom is 0.261 e. The van der Waals surface area contributed by atoms with Gasteiger partial charge in [-0.1, -0.05) is 25.1 Å². The lowest BCUT2D eigenvalue weighted by atomic mass is 9.98. The predicted molar refractivity (Wildman–Crippen MR) is 153 cm³/mol. The van der Waals surface area contributed by atoms with Gasteiger partial charge in [-0.05, 0) is 73.7 Å². The number of thiophene rings is 1. The fourth-order valence-electron chi connectivity index (χ4n) is 3.80. The van der Waals surface area contributed by atoms with Crippen LogP contribution >= 0.6 is 11.3 Å². The Morgan fingerprint density at radius 1 is 1.03 bits per heavy atom. The molecule has 0 aliphatic carbocycles. The molecule has 1 unspecified atom stereocenters. The minimum absolute atomic E-state index is 0.234. The summed E-state index contributed by atoms with van der Waals surface area (Å²) in [6.45, 7) is 6.84. The maximum atomic E-state index is 13.9. The van der Waals surface area contributed by atoms with Crippen LogP contribution in [0.4, 0.5) is 11.4 Å². The highest BCUT2D eigenvalue weighted by atomic mass is 32.1. The molecule has 0 aliphatic heterocycles. The molecule has 10 heteroatoms. The molecule has 3 N–H and O–H groups in total. The average molecular weight is 551 g/mol. The van der Waals surface area contributed by atoms with E-state index in [1.807, 2.05) is 20.8 Å². The van der Waals surface area contributed by atoms with E-state index in [0.717, 1.165) is 0 Å². The number of nitrogens with one attached hydrogen (secondary N) is 3. The van der Waals surface area contributed by atoms with Crippen LogP contribution in [-0.4, -0.2) is 42.8 Å². The molecule has 0 bridgehead atoms. The van der Waals surface area contributed by atoms with Crippen molar-refractivity contribution in [1.29, 1.82) is 0 Å². The second-order valence-electron chi connectivity index (χ2n) is 9.56. The highest BCUT2D eigenvalue weighted by Crippen LogP contribution is 2.31. The molecule has 0 fully saturated rings. The van der Waals surface area contributed by atoms with E-state index in [9.17, 15) is 19.2 Å². The molecule has 0 saturated carbocycles. The molecular weight excluding hydrogens is 516 g/mol. The summed E-state index contributed by atoms with van der Waals surface area (Å²) in [5.74, 6) is -0.973. The first-order chi connectivity index (χ1) is 18.5. The normalized spacial score (nSPS) is 11.7. The Balaban J connectivity index is 2.07. The summed E-state index contributed by atoms with van der Waals surface area (Å²) in [7, 11) is 1.53.